The molecule has 0 fully saturated rings. The summed E-state index contributed by atoms with van der Waals surface area (Å²) < 4.78 is 4.67. The zero-order valence-corrected chi connectivity index (χ0v) is 9.39. The highest BCUT2D eigenvalue weighted by molar-refractivity contribution is 6.26. The van der Waals surface area contributed by atoms with Crippen molar-refractivity contribution < 1.29 is 9.53 Å². The molecule has 10 heavy (non-hydrogen) atoms. The number of carbonyl (C=O) groups excluding carboxylic acids is 1. The van der Waals surface area contributed by atoms with Gasteiger partial charge in [-0.25, -0.2) is 0 Å². The van der Waals surface area contributed by atoms with Crippen molar-refractivity contribution in [2.24, 2.45) is 5.92 Å². The van der Waals surface area contributed by atoms with Crippen LogP contribution >= 0.6 is 0 Å². The van der Waals surface area contributed by atoms with Crippen molar-refractivity contribution in [3.63, 3.8) is 0 Å². The second-order valence-electron chi connectivity index (χ2n) is 3.37. The molecule has 0 N–H and O–H groups in total. The molecular formula is C7H16O2Si. The number of hydrogen-bond acceptors (Lipinski definition) is 2. The van der Waals surface area contributed by atoms with E-state index in [0.717, 1.165) is 10.2 Å². The highest BCUT2D eigenvalue weighted by Crippen LogP contribution is 2.31. The Labute approximate surface area is 65.4 Å². The van der Waals surface area contributed by atoms with Crippen LogP contribution in [-0.2, 0) is 9.53 Å². The summed E-state index contributed by atoms with van der Waals surface area (Å²) in [5.41, 5.74) is 0. The summed E-state index contributed by atoms with van der Waals surface area (Å²) in [7, 11) is 2.30. The zero-order valence-electron chi connectivity index (χ0n) is 7.39. The predicted octanol–water partition coefficient (Wildman–Crippen LogP) is 0.359. The average Bonchev–Trinajstić information content (AvgIpc) is 1.86. The van der Waals surface area contributed by atoms with E-state index in [-0.39, 0.29) is 11.0 Å². The van der Waals surface area contributed by atoms with Crippen molar-refractivity contribution in [2.45, 2.75) is 25.8 Å². The van der Waals surface area contributed by atoms with E-state index in [1.54, 1.807) is 0 Å². The van der Waals surface area contributed by atoms with Gasteiger partial charge >= 0.3 is 5.97 Å². The van der Waals surface area contributed by atoms with Gasteiger partial charge in [0.2, 0.25) is 0 Å². The number of rotatable bonds is 2. The SMILES string of the molecule is COC(=O)C(C)([SiH3])C(C)C. The quantitative estimate of drug-likeness (QED) is 0.431. The van der Waals surface area contributed by atoms with Crippen molar-refractivity contribution in [1.29, 1.82) is 0 Å². The van der Waals surface area contributed by atoms with E-state index >= 15 is 0 Å². The van der Waals surface area contributed by atoms with Gasteiger partial charge in [-0.1, -0.05) is 20.8 Å². The fourth-order valence-corrected chi connectivity index (χ4v) is 0.703. The van der Waals surface area contributed by atoms with Crippen molar-refractivity contribution in [2.75, 3.05) is 7.11 Å². The first-order chi connectivity index (χ1) is 4.42. The molecule has 0 aliphatic rings. The lowest BCUT2D eigenvalue weighted by Crippen LogP contribution is -2.27. The van der Waals surface area contributed by atoms with Gasteiger partial charge in [0.1, 0.15) is 0 Å². The first-order valence-electron chi connectivity index (χ1n) is 3.51. The largest absolute Gasteiger partial charge is 0.469 e. The van der Waals surface area contributed by atoms with Crippen molar-refractivity contribution in [1.82, 2.24) is 0 Å². The summed E-state index contributed by atoms with van der Waals surface area (Å²) in [6.07, 6.45) is 0. The monoisotopic (exact) mass is 160 g/mol. The smallest absolute Gasteiger partial charge is 0.307 e. The fourth-order valence-electron chi connectivity index (χ4n) is 0.499. The van der Waals surface area contributed by atoms with Crippen molar-refractivity contribution >= 4 is 16.2 Å². The molecule has 3 heteroatoms. The van der Waals surface area contributed by atoms with E-state index in [0.29, 0.717) is 5.92 Å². The number of hydrogen-bond donors (Lipinski definition) is 0. The highest BCUT2D eigenvalue weighted by Gasteiger charge is 2.31. The molecule has 0 amide bonds. The van der Waals surface area contributed by atoms with Crippen LogP contribution in [0.4, 0.5) is 0 Å². The predicted molar refractivity (Wildman–Crippen MR) is 45.2 cm³/mol. The summed E-state index contributed by atoms with van der Waals surface area (Å²) >= 11 is 0. The molecule has 1 unspecified atom stereocenters. The Morgan fingerprint density at radius 3 is 2.10 bits per heavy atom. The molecule has 0 aromatic heterocycles. The van der Waals surface area contributed by atoms with Crippen LogP contribution in [0.15, 0.2) is 0 Å². The Balaban J connectivity index is 4.24. The Hall–Kier alpha value is -0.313. The molecule has 0 saturated carbocycles. The second kappa shape index (κ2) is 3.19. The molecule has 2 nitrogen and oxygen atoms in total. The van der Waals surface area contributed by atoms with Gasteiger partial charge in [-0.15, -0.1) is 0 Å². The third-order valence-electron chi connectivity index (χ3n) is 2.15. The molecule has 60 valence electrons. The molecule has 0 spiro atoms. The van der Waals surface area contributed by atoms with Gasteiger partial charge in [0.05, 0.1) is 12.1 Å². The molecule has 0 aliphatic carbocycles. The number of carbonyl (C=O) groups is 1. The summed E-state index contributed by atoms with van der Waals surface area (Å²) in [5.74, 6) is 0.306. The summed E-state index contributed by atoms with van der Waals surface area (Å²) in [4.78, 5) is 11.1. The van der Waals surface area contributed by atoms with E-state index in [1.807, 2.05) is 20.8 Å². The number of ether oxygens (including phenoxy) is 1. The molecule has 1 atom stereocenters. The standard InChI is InChI=1S/C7H16O2Si/c1-5(2)7(3,10)6(8)9-4/h5H,1-4,10H3. The lowest BCUT2D eigenvalue weighted by Gasteiger charge is -2.25. The molecule has 0 heterocycles. The fraction of sp³-hybridized carbons (Fsp3) is 0.857. The third-order valence-corrected chi connectivity index (χ3v) is 3.72. The minimum atomic E-state index is -0.214. The summed E-state index contributed by atoms with van der Waals surface area (Å²) in [6.45, 7) is 6.05. The van der Waals surface area contributed by atoms with Gasteiger partial charge in [0, 0.05) is 10.2 Å². The van der Waals surface area contributed by atoms with Gasteiger partial charge in [0.25, 0.3) is 0 Å². The lowest BCUT2D eigenvalue weighted by atomic mass is 9.97. The Bertz CT molecular complexity index is 130. The number of esters is 1. The van der Waals surface area contributed by atoms with Gasteiger partial charge in [0.15, 0.2) is 0 Å². The second-order valence-corrected chi connectivity index (χ2v) is 5.45. The molecule has 0 aliphatic heterocycles. The normalized spacial score (nSPS) is 16.9. The lowest BCUT2D eigenvalue weighted by molar-refractivity contribution is -0.145. The van der Waals surface area contributed by atoms with Crippen LogP contribution in [0.3, 0.4) is 0 Å². The Kier molecular flexibility index (Phi) is 3.09. The molecule has 0 radical (unpaired) electrons. The molecule has 0 aromatic rings. The third kappa shape index (κ3) is 1.83. The van der Waals surface area contributed by atoms with Crippen LogP contribution in [-0.4, -0.2) is 23.3 Å². The van der Waals surface area contributed by atoms with E-state index in [4.69, 9.17) is 0 Å². The minimum Gasteiger partial charge on any atom is -0.469 e. The Morgan fingerprint density at radius 2 is 2.00 bits per heavy atom. The van der Waals surface area contributed by atoms with E-state index in [9.17, 15) is 4.79 Å². The van der Waals surface area contributed by atoms with Crippen molar-refractivity contribution in [3.8, 4) is 0 Å². The molecule has 0 saturated heterocycles. The highest BCUT2D eigenvalue weighted by atomic mass is 28.1. The van der Waals surface area contributed by atoms with Gasteiger partial charge in [-0.05, 0) is 5.92 Å². The van der Waals surface area contributed by atoms with Crippen LogP contribution in [0.2, 0.25) is 5.04 Å². The molecule has 0 bridgehead atoms. The first-order valence-corrected chi connectivity index (χ1v) is 4.51. The van der Waals surface area contributed by atoms with Gasteiger partial charge in [-0.3, -0.25) is 4.79 Å². The summed E-state index contributed by atoms with van der Waals surface area (Å²) in [5, 5.41) is -0.214. The van der Waals surface area contributed by atoms with Gasteiger partial charge < -0.3 is 4.74 Å². The van der Waals surface area contributed by atoms with Crippen LogP contribution in [0.1, 0.15) is 20.8 Å². The van der Waals surface area contributed by atoms with Crippen molar-refractivity contribution in [3.05, 3.63) is 0 Å². The maximum Gasteiger partial charge on any atom is 0.307 e. The maximum atomic E-state index is 11.1. The van der Waals surface area contributed by atoms with Gasteiger partial charge in [-0.2, -0.15) is 0 Å². The van der Waals surface area contributed by atoms with Crippen LogP contribution in [0, 0.1) is 5.92 Å². The zero-order chi connectivity index (χ0) is 8.36. The van der Waals surface area contributed by atoms with Crippen LogP contribution in [0.25, 0.3) is 0 Å². The van der Waals surface area contributed by atoms with E-state index < -0.39 is 0 Å². The van der Waals surface area contributed by atoms with Crippen LogP contribution in [0.5, 0.6) is 0 Å². The van der Waals surface area contributed by atoms with E-state index in [1.165, 1.54) is 7.11 Å². The maximum absolute atomic E-state index is 11.1. The summed E-state index contributed by atoms with van der Waals surface area (Å²) in [6, 6.07) is 0. The first kappa shape index (κ1) is 9.69. The minimum absolute atomic E-state index is 0.0748. The number of methoxy groups -OCH3 is 1. The average molecular weight is 160 g/mol. The van der Waals surface area contributed by atoms with E-state index in [2.05, 4.69) is 4.74 Å². The molecule has 0 rings (SSSR count). The van der Waals surface area contributed by atoms with Crippen LogP contribution < -0.4 is 0 Å². The Morgan fingerprint density at radius 1 is 1.60 bits per heavy atom. The molecule has 0 aromatic carbocycles. The molecular weight excluding hydrogens is 144 g/mol. The topological polar surface area (TPSA) is 26.3 Å².